The number of ether oxygens (including phenoxy) is 2. The van der Waals surface area contributed by atoms with E-state index in [1.807, 2.05) is 54.6 Å². The van der Waals surface area contributed by atoms with Gasteiger partial charge in [0.25, 0.3) is 5.91 Å². The van der Waals surface area contributed by atoms with Crippen molar-refractivity contribution in [3.05, 3.63) is 82.9 Å². The van der Waals surface area contributed by atoms with Gasteiger partial charge in [0.15, 0.2) is 5.69 Å². The normalized spacial score (nSPS) is 12.3. The van der Waals surface area contributed by atoms with E-state index in [0.29, 0.717) is 12.8 Å². The lowest BCUT2D eigenvalue weighted by atomic mass is 9.94. The van der Waals surface area contributed by atoms with Gasteiger partial charge in [-0.2, -0.15) is 0 Å². The zero-order valence-corrected chi connectivity index (χ0v) is 21.1. The molecule has 1 amide bonds. The first-order valence-electron chi connectivity index (χ1n) is 11.6. The van der Waals surface area contributed by atoms with Gasteiger partial charge >= 0.3 is 11.9 Å². The molecule has 9 heteroatoms. The maximum atomic E-state index is 13.0. The zero-order chi connectivity index (χ0) is 26.1. The van der Waals surface area contributed by atoms with Crippen LogP contribution in [0.2, 0.25) is 5.28 Å². The number of nitrogens with one attached hydrogen (secondary N) is 1. The average Bonchev–Trinajstić information content (AvgIpc) is 2.88. The number of hydrogen-bond acceptors (Lipinski definition) is 7. The molecule has 8 nitrogen and oxygen atoms in total. The number of methoxy groups -OCH3 is 1. The lowest BCUT2D eigenvalue weighted by molar-refractivity contribution is -0.147. The number of rotatable bonds is 10. The predicted octanol–water partition coefficient (Wildman–Crippen LogP) is 4.51. The van der Waals surface area contributed by atoms with Crippen LogP contribution < -0.4 is 5.32 Å². The van der Waals surface area contributed by atoms with Crippen LogP contribution in [0, 0.1) is 5.92 Å². The lowest BCUT2D eigenvalue weighted by Gasteiger charge is -2.22. The predicted molar refractivity (Wildman–Crippen MR) is 136 cm³/mol. The van der Waals surface area contributed by atoms with E-state index in [-0.39, 0.29) is 29.2 Å². The molecule has 1 heterocycles. The summed E-state index contributed by atoms with van der Waals surface area (Å²) in [5.41, 5.74) is 2.95. The van der Waals surface area contributed by atoms with E-state index in [2.05, 4.69) is 20.0 Å². The zero-order valence-electron chi connectivity index (χ0n) is 20.4. The number of nitrogens with zero attached hydrogens (tertiary/aromatic N) is 2. The summed E-state index contributed by atoms with van der Waals surface area (Å²) in [6, 6.07) is 18.8. The minimum atomic E-state index is -0.737. The summed E-state index contributed by atoms with van der Waals surface area (Å²) in [6.45, 7) is 3.78. The molecule has 1 aromatic heterocycles. The Balaban J connectivity index is 1.81. The van der Waals surface area contributed by atoms with Crippen molar-refractivity contribution in [1.82, 2.24) is 15.3 Å². The quantitative estimate of drug-likeness (QED) is 0.316. The standard InChI is InChI=1S/C27H28ClN3O5/c1-4-36-25(33)17(2)14-21(15-18-10-12-20(13-11-18)19-8-6-5-7-9-19)29-24(32)22-16-23(26(34)35-3)31-27(28)30-22/h5-13,16-17,21H,4,14-15H2,1-3H3,(H,29,32). The number of esters is 2. The maximum absolute atomic E-state index is 13.0. The van der Waals surface area contributed by atoms with E-state index >= 15 is 0 Å². The van der Waals surface area contributed by atoms with Crippen molar-refractivity contribution < 1.29 is 23.9 Å². The molecule has 0 spiro atoms. The van der Waals surface area contributed by atoms with Gasteiger partial charge < -0.3 is 14.8 Å². The average molecular weight is 510 g/mol. The van der Waals surface area contributed by atoms with Crippen molar-refractivity contribution >= 4 is 29.4 Å². The Morgan fingerprint density at radius 2 is 1.61 bits per heavy atom. The second kappa shape index (κ2) is 12.8. The molecule has 0 fully saturated rings. The van der Waals surface area contributed by atoms with Gasteiger partial charge in [-0.25, -0.2) is 14.8 Å². The Morgan fingerprint density at radius 3 is 2.25 bits per heavy atom. The van der Waals surface area contributed by atoms with Gasteiger partial charge in [0, 0.05) is 12.1 Å². The fourth-order valence-electron chi connectivity index (χ4n) is 3.75. The molecule has 2 unspecified atom stereocenters. The summed E-state index contributed by atoms with van der Waals surface area (Å²) >= 11 is 5.92. The van der Waals surface area contributed by atoms with Crippen molar-refractivity contribution in [2.45, 2.75) is 32.7 Å². The molecule has 2 aromatic carbocycles. The largest absolute Gasteiger partial charge is 0.466 e. The van der Waals surface area contributed by atoms with Crippen LogP contribution in [0.3, 0.4) is 0 Å². The molecule has 1 N–H and O–H groups in total. The van der Waals surface area contributed by atoms with Crippen LogP contribution in [0.25, 0.3) is 11.1 Å². The van der Waals surface area contributed by atoms with Gasteiger partial charge in [0.2, 0.25) is 5.28 Å². The maximum Gasteiger partial charge on any atom is 0.356 e. The Labute approximate surface area is 215 Å². The summed E-state index contributed by atoms with van der Waals surface area (Å²) in [7, 11) is 1.20. The van der Waals surface area contributed by atoms with Crippen LogP contribution >= 0.6 is 11.6 Å². The van der Waals surface area contributed by atoms with Crippen LogP contribution in [0.1, 0.15) is 46.8 Å². The van der Waals surface area contributed by atoms with Gasteiger partial charge in [-0.1, -0.05) is 61.5 Å². The summed E-state index contributed by atoms with van der Waals surface area (Å²) in [4.78, 5) is 44.9. The van der Waals surface area contributed by atoms with E-state index in [0.717, 1.165) is 16.7 Å². The van der Waals surface area contributed by atoms with E-state index in [1.54, 1.807) is 13.8 Å². The molecular formula is C27H28ClN3O5. The fraction of sp³-hybridized carbons (Fsp3) is 0.296. The van der Waals surface area contributed by atoms with Crippen molar-refractivity contribution in [2.24, 2.45) is 5.92 Å². The minimum Gasteiger partial charge on any atom is -0.466 e. The first-order valence-corrected chi connectivity index (χ1v) is 11.9. The Hall–Kier alpha value is -3.78. The monoisotopic (exact) mass is 509 g/mol. The van der Waals surface area contributed by atoms with Crippen molar-refractivity contribution in [3.63, 3.8) is 0 Å². The second-order valence-corrected chi connectivity index (χ2v) is 8.56. The fourth-order valence-corrected chi connectivity index (χ4v) is 3.93. The van der Waals surface area contributed by atoms with Crippen molar-refractivity contribution in [3.8, 4) is 11.1 Å². The van der Waals surface area contributed by atoms with Crippen LogP contribution in [0.5, 0.6) is 0 Å². The molecule has 0 aliphatic carbocycles. The summed E-state index contributed by atoms with van der Waals surface area (Å²) < 4.78 is 9.80. The molecule has 0 radical (unpaired) electrons. The second-order valence-electron chi connectivity index (χ2n) is 8.23. The first-order chi connectivity index (χ1) is 17.3. The highest BCUT2D eigenvalue weighted by atomic mass is 35.5. The van der Waals surface area contributed by atoms with Crippen LogP contribution in [0.4, 0.5) is 0 Å². The summed E-state index contributed by atoms with van der Waals surface area (Å²) in [5, 5.41) is 2.67. The highest BCUT2D eigenvalue weighted by molar-refractivity contribution is 6.28. The smallest absolute Gasteiger partial charge is 0.356 e. The minimum absolute atomic E-state index is 0.0800. The number of carbonyl (C=O) groups is 3. The van der Waals surface area contributed by atoms with Gasteiger partial charge in [-0.05, 0) is 48.1 Å². The molecule has 0 saturated carbocycles. The van der Waals surface area contributed by atoms with Crippen molar-refractivity contribution in [1.29, 1.82) is 0 Å². The number of amides is 1. The Kier molecular flexibility index (Phi) is 9.53. The Morgan fingerprint density at radius 1 is 0.972 bits per heavy atom. The number of aromatic nitrogens is 2. The number of carbonyl (C=O) groups excluding carboxylic acids is 3. The van der Waals surface area contributed by atoms with Crippen LogP contribution in [0.15, 0.2) is 60.7 Å². The first kappa shape index (κ1) is 26.8. The lowest BCUT2D eigenvalue weighted by Crippen LogP contribution is -2.39. The highest BCUT2D eigenvalue weighted by Crippen LogP contribution is 2.21. The molecule has 3 aromatic rings. The third-order valence-corrected chi connectivity index (χ3v) is 5.70. The molecule has 188 valence electrons. The van der Waals surface area contributed by atoms with Gasteiger partial charge in [-0.15, -0.1) is 0 Å². The Bertz CT molecular complexity index is 1200. The van der Waals surface area contributed by atoms with Gasteiger partial charge in [0.1, 0.15) is 5.69 Å². The number of benzene rings is 2. The van der Waals surface area contributed by atoms with Crippen LogP contribution in [-0.4, -0.2) is 47.6 Å². The van der Waals surface area contributed by atoms with Gasteiger partial charge in [-0.3, -0.25) is 9.59 Å². The van der Waals surface area contributed by atoms with Gasteiger partial charge in [0.05, 0.1) is 19.6 Å². The highest BCUT2D eigenvalue weighted by Gasteiger charge is 2.24. The molecular weight excluding hydrogens is 482 g/mol. The molecule has 2 atom stereocenters. The number of halogens is 1. The molecule has 0 aliphatic heterocycles. The van der Waals surface area contributed by atoms with E-state index in [9.17, 15) is 14.4 Å². The molecule has 0 aliphatic rings. The third kappa shape index (κ3) is 7.36. The SMILES string of the molecule is CCOC(=O)C(C)CC(Cc1ccc(-c2ccccc2)cc1)NC(=O)c1cc(C(=O)OC)nc(Cl)n1. The topological polar surface area (TPSA) is 107 Å². The molecule has 3 rings (SSSR count). The third-order valence-electron chi connectivity index (χ3n) is 5.53. The summed E-state index contributed by atoms with van der Waals surface area (Å²) in [6.07, 6.45) is 0.806. The van der Waals surface area contributed by atoms with E-state index < -0.39 is 23.8 Å². The van der Waals surface area contributed by atoms with E-state index in [4.69, 9.17) is 16.3 Å². The molecule has 36 heavy (non-hydrogen) atoms. The summed E-state index contributed by atoms with van der Waals surface area (Å²) in [5.74, 6) is -2.07. The van der Waals surface area contributed by atoms with Crippen LogP contribution in [-0.2, 0) is 20.7 Å². The van der Waals surface area contributed by atoms with Crippen molar-refractivity contribution in [2.75, 3.05) is 13.7 Å². The molecule has 0 bridgehead atoms. The van der Waals surface area contributed by atoms with E-state index in [1.165, 1.54) is 13.2 Å². The number of hydrogen-bond donors (Lipinski definition) is 1. The molecule has 0 saturated heterocycles.